The summed E-state index contributed by atoms with van der Waals surface area (Å²) in [4.78, 5) is 27.4. The molecule has 1 unspecified atom stereocenters. The van der Waals surface area contributed by atoms with Crippen LogP contribution in [-0.2, 0) is 9.59 Å². The third-order valence-corrected chi connectivity index (χ3v) is 5.86. The monoisotopic (exact) mass is 422 g/mol. The predicted octanol–water partition coefficient (Wildman–Crippen LogP) is 2.24. The van der Waals surface area contributed by atoms with Gasteiger partial charge in [0, 0.05) is 24.6 Å². The molecule has 2 aliphatic rings. The number of phenolic OH excluding ortho intramolecular Hbond substituents is 1. The first-order valence-corrected chi connectivity index (χ1v) is 9.15. The molecule has 0 saturated carbocycles. The molecule has 0 spiro atoms. The minimum absolute atomic E-state index is 0.0188. The van der Waals surface area contributed by atoms with Gasteiger partial charge in [0.1, 0.15) is 11.9 Å². The Kier molecular flexibility index (Phi) is 5.79. The molecule has 10 heteroatoms. The number of halogens is 4. The van der Waals surface area contributed by atoms with Crippen molar-refractivity contribution in [3.05, 3.63) is 27.7 Å². The van der Waals surface area contributed by atoms with Crippen LogP contribution in [0, 0.1) is 0 Å². The van der Waals surface area contributed by atoms with Gasteiger partial charge in [0.15, 0.2) is 0 Å². The highest BCUT2D eigenvalue weighted by Gasteiger charge is 2.43. The van der Waals surface area contributed by atoms with Gasteiger partial charge in [-0.05, 0) is 18.6 Å². The van der Waals surface area contributed by atoms with Crippen LogP contribution in [-0.4, -0.2) is 70.0 Å². The Bertz CT molecular complexity index is 765. The molecule has 3 atom stereocenters. The lowest BCUT2D eigenvalue weighted by Gasteiger charge is -2.37. The maximum atomic E-state index is 12.5. The Morgan fingerprint density at radius 3 is 2.67 bits per heavy atom. The highest BCUT2D eigenvalue weighted by atomic mass is 35.5. The van der Waals surface area contributed by atoms with Gasteiger partial charge >= 0.3 is 0 Å². The Morgan fingerprint density at radius 1 is 1.30 bits per heavy atom. The smallest absolute Gasteiger partial charge is 0.264 e. The lowest BCUT2D eigenvalue weighted by Crippen LogP contribution is -2.55. The second-order valence-corrected chi connectivity index (χ2v) is 7.59. The number of piperazine rings is 1. The van der Waals surface area contributed by atoms with E-state index in [-0.39, 0.29) is 41.7 Å². The molecule has 6 nitrogen and oxygen atoms in total. The van der Waals surface area contributed by atoms with Crippen LogP contribution in [0.15, 0.2) is 12.1 Å². The fourth-order valence-electron chi connectivity index (χ4n) is 3.71. The van der Waals surface area contributed by atoms with Gasteiger partial charge in [0.2, 0.25) is 11.8 Å². The van der Waals surface area contributed by atoms with Crippen LogP contribution in [0.5, 0.6) is 5.75 Å². The molecule has 1 aromatic carbocycles. The van der Waals surface area contributed by atoms with E-state index in [2.05, 4.69) is 0 Å². The Balaban J connectivity index is 1.74. The molecule has 27 heavy (non-hydrogen) atoms. The number of hydrogen-bond donors (Lipinski definition) is 2. The minimum Gasteiger partial charge on any atom is -0.508 e. The molecule has 2 fully saturated rings. The Morgan fingerprint density at radius 2 is 2.00 bits per heavy atom. The summed E-state index contributed by atoms with van der Waals surface area (Å²) in [6, 6.07) is 2.59. The molecule has 3 rings (SSSR count). The van der Waals surface area contributed by atoms with Crippen molar-refractivity contribution in [1.29, 1.82) is 0 Å². The van der Waals surface area contributed by atoms with Crippen molar-refractivity contribution in [3.8, 4) is 5.75 Å². The van der Waals surface area contributed by atoms with E-state index in [1.54, 1.807) is 4.90 Å². The fourth-order valence-corrected chi connectivity index (χ4v) is 4.19. The van der Waals surface area contributed by atoms with Gasteiger partial charge < -0.3 is 20.0 Å². The lowest BCUT2D eigenvalue weighted by atomic mass is 9.95. The SMILES string of the molecule is O=C(CC(O)C(F)F)N1CC(=O)N2C[C@@H](c3c(O)ccc(Cl)c3Cl)C[C@H]2C1. The first-order valence-electron chi connectivity index (χ1n) is 8.39. The summed E-state index contributed by atoms with van der Waals surface area (Å²) < 4.78 is 24.9. The Labute approximate surface area is 164 Å². The molecule has 2 aliphatic heterocycles. The number of carbonyl (C=O) groups is 2. The van der Waals surface area contributed by atoms with Crippen LogP contribution >= 0.6 is 23.2 Å². The molecule has 2 amide bonds. The largest absolute Gasteiger partial charge is 0.508 e. The molecule has 0 aromatic heterocycles. The summed E-state index contributed by atoms with van der Waals surface area (Å²) in [5.41, 5.74) is 0.456. The highest BCUT2D eigenvalue weighted by molar-refractivity contribution is 6.42. The van der Waals surface area contributed by atoms with Crippen LogP contribution in [0.2, 0.25) is 10.0 Å². The van der Waals surface area contributed by atoms with E-state index in [0.29, 0.717) is 23.6 Å². The van der Waals surface area contributed by atoms with E-state index in [1.165, 1.54) is 17.0 Å². The maximum absolute atomic E-state index is 12.5. The third kappa shape index (κ3) is 3.97. The average Bonchev–Trinajstić information content (AvgIpc) is 3.02. The number of amides is 2. The normalized spacial score (nSPS) is 23.7. The zero-order chi connectivity index (χ0) is 19.9. The van der Waals surface area contributed by atoms with Crippen molar-refractivity contribution >= 4 is 35.0 Å². The summed E-state index contributed by atoms with van der Waals surface area (Å²) in [6.07, 6.45) is -5.36. The second-order valence-electron chi connectivity index (χ2n) is 6.81. The quantitative estimate of drug-likeness (QED) is 0.779. The van der Waals surface area contributed by atoms with Gasteiger partial charge in [-0.1, -0.05) is 23.2 Å². The van der Waals surface area contributed by atoms with E-state index in [0.717, 1.165) is 0 Å². The van der Waals surface area contributed by atoms with Crippen molar-refractivity contribution in [2.45, 2.75) is 37.3 Å². The number of nitrogens with zero attached hydrogens (tertiary/aromatic N) is 2. The van der Waals surface area contributed by atoms with Gasteiger partial charge in [-0.2, -0.15) is 0 Å². The van der Waals surface area contributed by atoms with Gasteiger partial charge in [-0.15, -0.1) is 0 Å². The standard InChI is InChI=1S/C17H18Cl2F2N2O4/c18-10-1-2-11(24)15(16(10)19)8-3-9-6-22(7-14(27)23(9)5-8)13(26)4-12(25)17(20)21/h1-2,8-9,12,17,24-25H,3-7H2/t8-,9-,12?/m0/s1. The molecule has 148 valence electrons. The van der Waals surface area contributed by atoms with Gasteiger partial charge in [0.05, 0.1) is 29.1 Å². The predicted molar refractivity (Wildman–Crippen MR) is 94.2 cm³/mol. The van der Waals surface area contributed by atoms with E-state index in [9.17, 15) is 28.6 Å². The molecule has 1 aromatic rings. The Hall–Kier alpha value is -1.64. The highest BCUT2D eigenvalue weighted by Crippen LogP contribution is 2.43. The zero-order valence-electron chi connectivity index (χ0n) is 14.1. The van der Waals surface area contributed by atoms with E-state index in [1.807, 2.05) is 0 Å². The van der Waals surface area contributed by atoms with E-state index >= 15 is 0 Å². The van der Waals surface area contributed by atoms with Gasteiger partial charge in [-0.3, -0.25) is 9.59 Å². The van der Waals surface area contributed by atoms with Crippen LogP contribution in [0.25, 0.3) is 0 Å². The molecule has 0 bridgehead atoms. The topological polar surface area (TPSA) is 81.1 Å². The number of alkyl halides is 2. The zero-order valence-corrected chi connectivity index (χ0v) is 15.6. The number of fused-ring (bicyclic) bond motifs is 1. The van der Waals surface area contributed by atoms with Crippen LogP contribution < -0.4 is 0 Å². The summed E-state index contributed by atoms with van der Waals surface area (Å²) in [6.45, 7) is 0.266. The lowest BCUT2D eigenvalue weighted by molar-refractivity contribution is -0.149. The number of hydrogen-bond acceptors (Lipinski definition) is 4. The first-order chi connectivity index (χ1) is 12.7. The number of aliphatic hydroxyl groups excluding tert-OH is 1. The average molecular weight is 423 g/mol. The van der Waals surface area contributed by atoms with Crippen LogP contribution in [0.4, 0.5) is 8.78 Å². The first kappa shape index (κ1) is 20.1. The summed E-state index contributed by atoms with van der Waals surface area (Å²) in [5, 5.41) is 19.9. The second kappa shape index (κ2) is 7.77. The number of aliphatic hydroxyl groups is 1. The van der Waals surface area contributed by atoms with Crippen molar-refractivity contribution in [1.82, 2.24) is 9.80 Å². The number of aromatic hydroxyl groups is 1. The number of carbonyl (C=O) groups excluding carboxylic acids is 2. The molecule has 2 saturated heterocycles. The van der Waals surface area contributed by atoms with Crippen molar-refractivity contribution in [3.63, 3.8) is 0 Å². The molecular formula is C17H18Cl2F2N2O4. The molecule has 2 N–H and O–H groups in total. The molecule has 0 aliphatic carbocycles. The van der Waals surface area contributed by atoms with Gasteiger partial charge in [0.25, 0.3) is 6.43 Å². The summed E-state index contributed by atoms with van der Waals surface area (Å²) in [7, 11) is 0. The maximum Gasteiger partial charge on any atom is 0.264 e. The fraction of sp³-hybridized carbons (Fsp3) is 0.529. The molecular weight excluding hydrogens is 405 g/mol. The van der Waals surface area contributed by atoms with Crippen molar-refractivity contribution in [2.24, 2.45) is 0 Å². The summed E-state index contributed by atoms with van der Waals surface area (Å²) in [5.74, 6) is -1.28. The van der Waals surface area contributed by atoms with Gasteiger partial charge in [-0.25, -0.2) is 8.78 Å². The van der Waals surface area contributed by atoms with Crippen LogP contribution in [0.3, 0.4) is 0 Å². The number of benzene rings is 1. The van der Waals surface area contributed by atoms with Crippen molar-refractivity contribution in [2.75, 3.05) is 19.6 Å². The van der Waals surface area contributed by atoms with Crippen molar-refractivity contribution < 1.29 is 28.6 Å². The van der Waals surface area contributed by atoms with E-state index < -0.39 is 24.9 Å². The third-order valence-electron chi connectivity index (χ3n) is 5.04. The number of phenols is 1. The minimum atomic E-state index is -3.02. The molecule has 0 radical (unpaired) electrons. The molecule has 2 heterocycles. The van der Waals surface area contributed by atoms with Crippen LogP contribution in [0.1, 0.15) is 24.3 Å². The summed E-state index contributed by atoms with van der Waals surface area (Å²) >= 11 is 12.2. The number of rotatable bonds is 4. The van der Waals surface area contributed by atoms with E-state index in [4.69, 9.17) is 23.2 Å².